The minimum atomic E-state index is -3.72. The fourth-order valence-corrected chi connectivity index (χ4v) is 7.10. The third-order valence-corrected chi connectivity index (χ3v) is 10.0. The van der Waals surface area contributed by atoms with Gasteiger partial charge in [-0.15, -0.1) is 0 Å². The monoisotopic (exact) mass is 551 g/mol. The van der Waals surface area contributed by atoms with Gasteiger partial charge in [-0.25, -0.2) is 16.8 Å². The summed E-state index contributed by atoms with van der Waals surface area (Å²) in [5.41, 5.74) is 1.06. The van der Waals surface area contributed by atoms with Crippen LogP contribution in [0.3, 0.4) is 0 Å². The lowest BCUT2D eigenvalue weighted by Crippen LogP contribution is -2.34. The van der Waals surface area contributed by atoms with Crippen molar-refractivity contribution in [2.75, 3.05) is 26.5 Å². The lowest BCUT2D eigenvalue weighted by Gasteiger charge is -2.20. The van der Waals surface area contributed by atoms with Crippen molar-refractivity contribution >= 4 is 47.3 Å². The van der Waals surface area contributed by atoms with Gasteiger partial charge in [0, 0.05) is 38.6 Å². The molecule has 4 rings (SSSR count). The number of nitrogens with zero attached hydrogens (tertiary/aromatic N) is 3. The lowest BCUT2D eigenvalue weighted by atomic mass is 10.2. The van der Waals surface area contributed by atoms with Crippen molar-refractivity contribution in [2.24, 2.45) is 4.99 Å². The van der Waals surface area contributed by atoms with Gasteiger partial charge < -0.3 is 9.30 Å². The van der Waals surface area contributed by atoms with E-state index in [4.69, 9.17) is 4.74 Å². The first kappa shape index (κ1) is 26.7. The molecule has 1 unspecified atom stereocenters. The van der Waals surface area contributed by atoms with Crippen LogP contribution in [-0.2, 0) is 31.1 Å². The number of sulfone groups is 1. The zero-order valence-corrected chi connectivity index (χ0v) is 22.8. The van der Waals surface area contributed by atoms with Crippen LogP contribution in [0.1, 0.15) is 36.5 Å². The molecule has 0 radical (unpaired) electrons. The summed E-state index contributed by atoms with van der Waals surface area (Å²) >= 11 is 1.24. The molecule has 1 amide bonds. The maximum atomic E-state index is 13.0. The standard InChI is InChI=1S/C24H29N3O6S3/c1-4-13-27-21-12-11-20(35(3,29)30)15-22(21)34-24(27)25-23(28)17-7-9-19(10-8-17)36(31,32)26(2)16-18-6-5-14-33-18/h7-12,15,18H,4-6,13-14,16H2,1-3H3. The first-order chi connectivity index (χ1) is 17.0. The molecule has 194 valence electrons. The van der Waals surface area contributed by atoms with E-state index in [2.05, 4.69) is 4.99 Å². The molecule has 1 saturated heterocycles. The van der Waals surface area contributed by atoms with E-state index < -0.39 is 25.8 Å². The summed E-state index contributed by atoms with van der Waals surface area (Å²) in [7, 11) is -5.56. The summed E-state index contributed by atoms with van der Waals surface area (Å²) in [6.07, 6.45) is 3.61. The van der Waals surface area contributed by atoms with Gasteiger partial charge in [0.25, 0.3) is 5.91 Å². The molecule has 1 atom stereocenters. The van der Waals surface area contributed by atoms with E-state index in [0.717, 1.165) is 31.0 Å². The maximum absolute atomic E-state index is 13.0. The Morgan fingerprint density at radius 1 is 1.14 bits per heavy atom. The van der Waals surface area contributed by atoms with Crippen molar-refractivity contribution in [3.8, 4) is 0 Å². The Kier molecular flexibility index (Phi) is 7.81. The van der Waals surface area contributed by atoms with Crippen molar-refractivity contribution in [3.63, 3.8) is 0 Å². The second-order valence-electron chi connectivity index (χ2n) is 8.80. The number of rotatable bonds is 8. The largest absolute Gasteiger partial charge is 0.377 e. The van der Waals surface area contributed by atoms with Crippen LogP contribution in [0.5, 0.6) is 0 Å². The van der Waals surface area contributed by atoms with E-state index >= 15 is 0 Å². The van der Waals surface area contributed by atoms with Gasteiger partial charge in [-0.3, -0.25) is 4.79 Å². The number of aryl methyl sites for hydroxylation is 1. The quantitative estimate of drug-likeness (QED) is 0.425. The number of carbonyl (C=O) groups is 1. The predicted octanol–water partition coefficient (Wildman–Crippen LogP) is 3.06. The molecule has 0 spiro atoms. The Balaban J connectivity index is 1.62. The highest BCUT2D eigenvalue weighted by Gasteiger charge is 2.26. The minimum absolute atomic E-state index is 0.0933. The molecular formula is C24H29N3O6S3. The fourth-order valence-electron chi connectivity index (χ4n) is 4.08. The van der Waals surface area contributed by atoms with Gasteiger partial charge in [0.15, 0.2) is 14.6 Å². The minimum Gasteiger partial charge on any atom is -0.377 e. The molecule has 1 aromatic heterocycles. The molecule has 1 aliphatic heterocycles. The number of aromatic nitrogens is 1. The van der Waals surface area contributed by atoms with Crippen LogP contribution in [0.4, 0.5) is 0 Å². The average Bonchev–Trinajstić information content (AvgIpc) is 3.46. The topological polar surface area (TPSA) is 115 Å². The van der Waals surface area contributed by atoms with Crippen molar-refractivity contribution in [1.29, 1.82) is 0 Å². The zero-order valence-electron chi connectivity index (χ0n) is 20.4. The number of amides is 1. The summed E-state index contributed by atoms with van der Waals surface area (Å²) in [4.78, 5) is 18.0. The molecule has 3 aromatic rings. The molecule has 2 aromatic carbocycles. The molecule has 1 aliphatic rings. The van der Waals surface area contributed by atoms with Crippen molar-refractivity contribution < 1.29 is 26.4 Å². The number of likely N-dealkylation sites (N-methyl/N-ethyl adjacent to an activating group) is 1. The molecule has 0 bridgehead atoms. The Labute approximate surface area is 215 Å². The van der Waals surface area contributed by atoms with Crippen molar-refractivity contribution in [2.45, 2.75) is 48.6 Å². The molecule has 36 heavy (non-hydrogen) atoms. The van der Waals surface area contributed by atoms with Gasteiger partial charge in [0.1, 0.15) is 0 Å². The van der Waals surface area contributed by atoms with Crippen LogP contribution < -0.4 is 4.80 Å². The smallest absolute Gasteiger partial charge is 0.279 e. The third kappa shape index (κ3) is 5.62. The number of fused-ring (bicyclic) bond motifs is 1. The second kappa shape index (κ2) is 10.5. The first-order valence-electron chi connectivity index (χ1n) is 11.6. The van der Waals surface area contributed by atoms with Crippen LogP contribution in [0, 0.1) is 0 Å². The molecular weight excluding hydrogens is 522 g/mol. The molecule has 12 heteroatoms. The highest BCUT2D eigenvalue weighted by Crippen LogP contribution is 2.23. The van der Waals surface area contributed by atoms with Crippen LogP contribution in [0.25, 0.3) is 10.2 Å². The lowest BCUT2D eigenvalue weighted by molar-refractivity contribution is 0.0979. The maximum Gasteiger partial charge on any atom is 0.279 e. The number of sulfonamides is 1. The molecule has 0 aliphatic carbocycles. The number of benzene rings is 2. The second-order valence-corrected chi connectivity index (χ2v) is 13.9. The summed E-state index contributed by atoms with van der Waals surface area (Å²) in [6, 6.07) is 10.6. The number of ether oxygens (including phenoxy) is 1. The Bertz CT molecular complexity index is 1550. The molecule has 0 saturated carbocycles. The summed E-state index contributed by atoms with van der Waals surface area (Å²) in [5, 5.41) is 0. The number of thiazole rings is 1. The van der Waals surface area contributed by atoms with Crippen LogP contribution in [0.15, 0.2) is 57.2 Å². The van der Waals surface area contributed by atoms with Crippen LogP contribution in [0.2, 0.25) is 0 Å². The highest BCUT2D eigenvalue weighted by atomic mass is 32.2. The Hall–Kier alpha value is -2.38. The van der Waals surface area contributed by atoms with Crippen LogP contribution in [-0.4, -0.2) is 64.2 Å². The van der Waals surface area contributed by atoms with E-state index in [9.17, 15) is 21.6 Å². The summed E-state index contributed by atoms with van der Waals surface area (Å²) in [5.74, 6) is -0.508. The third-order valence-electron chi connectivity index (χ3n) is 6.02. The van der Waals surface area contributed by atoms with E-state index in [1.165, 1.54) is 47.0 Å². The number of hydrogen-bond donors (Lipinski definition) is 0. The van der Waals surface area contributed by atoms with Gasteiger partial charge >= 0.3 is 0 Å². The van der Waals surface area contributed by atoms with Gasteiger partial charge in [0.05, 0.1) is 26.1 Å². The summed E-state index contributed by atoms with van der Waals surface area (Å²) in [6.45, 7) is 3.54. The molecule has 2 heterocycles. The van der Waals surface area contributed by atoms with E-state index in [1.54, 1.807) is 18.2 Å². The number of carbonyl (C=O) groups excluding carboxylic acids is 1. The Morgan fingerprint density at radius 3 is 2.44 bits per heavy atom. The van der Waals surface area contributed by atoms with Gasteiger partial charge in [-0.05, 0) is 61.7 Å². The van der Waals surface area contributed by atoms with Crippen molar-refractivity contribution in [3.05, 3.63) is 52.8 Å². The summed E-state index contributed by atoms with van der Waals surface area (Å²) < 4.78 is 59.2. The first-order valence-corrected chi connectivity index (χ1v) is 15.8. The average molecular weight is 552 g/mol. The fraction of sp³-hybridized carbons (Fsp3) is 0.417. The molecule has 0 N–H and O–H groups in total. The van der Waals surface area contributed by atoms with Gasteiger partial charge in [-0.2, -0.15) is 9.30 Å². The van der Waals surface area contributed by atoms with Crippen molar-refractivity contribution in [1.82, 2.24) is 8.87 Å². The van der Waals surface area contributed by atoms with Gasteiger partial charge in [0.2, 0.25) is 10.0 Å². The Morgan fingerprint density at radius 2 is 1.83 bits per heavy atom. The molecule has 9 nitrogen and oxygen atoms in total. The van der Waals surface area contributed by atoms with Crippen LogP contribution >= 0.6 is 11.3 Å². The predicted molar refractivity (Wildman–Crippen MR) is 138 cm³/mol. The van der Waals surface area contributed by atoms with Gasteiger partial charge in [-0.1, -0.05) is 18.3 Å². The SMILES string of the molecule is CCCn1c(=NC(=O)c2ccc(S(=O)(=O)N(C)CC3CCCO3)cc2)sc2cc(S(C)(=O)=O)ccc21. The molecule has 1 fully saturated rings. The number of hydrogen-bond acceptors (Lipinski definition) is 7. The van der Waals surface area contributed by atoms with E-state index in [-0.39, 0.29) is 28.0 Å². The normalized spacial score (nSPS) is 17.3. The highest BCUT2D eigenvalue weighted by molar-refractivity contribution is 7.90. The van der Waals surface area contributed by atoms with E-state index in [1.807, 2.05) is 11.5 Å². The van der Waals surface area contributed by atoms with E-state index in [0.29, 0.717) is 22.7 Å². The zero-order chi connectivity index (χ0) is 26.1.